The lowest BCUT2D eigenvalue weighted by atomic mass is 10.0. The minimum atomic E-state index is 0. The van der Waals surface area contributed by atoms with Crippen molar-refractivity contribution < 1.29 is 0 Å². The van der Waals surface area contributed by atoms with Crippen molar-refractivity contribution in [3.05, 3.63) is 71.7 Å². The Morgan fingerprint density at radius 2 is 1.83 bits per heavy atom. The average Bonchev–Trinajstić information content (AvgIpc) is 3.16. The maximum absolute atomic E-state index is 4.47. The number of piperidine rings is 1. The number of fused-ring (bicyclic) bond motifs is 1. The maximum Gasteiger partial charge on any atom is 0.193 e. The molecule has 0 atom stereocenters. The standard InChI is InChI=1S/C22H26N6.HI/c1-23-22(24-13-10-21-26-25-20-9-5-6-14-28(20)21)27-15-11-19(12-16-27)17-18-7-3-2-4-8-18;/h2-9,14,17H,10-13,15-16H2,1H3,(H,23,24);1H. The number of guanidine groups is 1. The van der Waals surface area contributed by atoms with Crippen molar-refractivity contribution >= 4 is 41.7 Å². The number of pyridine rings is 1. The van der Waals surface area contributed by atoms with Crippen molar-refractivity contribution in [3.63, 3.8) is 0 Å². The topological polar surface area (TPSA) is 57.8 Å². The number of aromatic nitrogens is 3. The zero-order chi connectivity index (χ0) is 19.2. The molecule has 1 aromatic carbocycles. The van der Waals surface area contributed by atoms with Gasteiger partial charge in [0, 0.05) is 39.3 Å². The quantitative estimate of drug-likeness (QED) is 0.336. The number of aliphatic imine (C=N–C) groups is 1. The minimum Gasteiger partial charge on any atom is -0.356 e. The van der Waals surface area contributed by atoms with Crippen molar-refractivity contribution in [2.24, 2.45) is 4.99 Å². The molecule has 0 unspecified atom stereocenters. The van der Waals surface area contributed by atoms with E-state index in [0.717, 1.165) is 56.3 Å². The van der Waals surface area contributed by atoms with E-state index in [1.54, 1.807) is 0 Å². The van der Waals surface area contributed by atoms with Crippen molar-refractivity contribution in [3.8, 4) is 0 Å². The van der Waals surface area contributed by atoms with Gasteiger partial charge in [-0.05, 0) is 30.5 Å². The number of likely N-dealkylation sites (tertiary alicyclic amines) is 1. The van der Waals surface area contributed by atoms with Crippen LogP contribution in [0.25, 0.3) is 11.7 Å². The van der Waals surface area contributed by atoms with E-state index in [1.165, 1.54) is 11.1 Å². The molecule has 152 valence electrons. The van der Waals surface area contributed by atoms with Crippen LogP contribution in [-0.4, -0.2) is 52.1 Å². The molecule has 0 saturated carbocycles. The fourth-order valence-corrected chi connectivity index (χ4v) is 3.61. The number of nitrogens with one attached hydrogen (secondary N) is 1. The van der Waals surface area contributed by atoms with Crippen LogP contribution in [0.3, 0.4) is 0 Å². The highest BCUT2D eigenvalue weighted by Crippen LogP contribution is 2.19. The predicted octanol–water partition coefficient (Wildman–Crippen LogP) is 3.64. The first-order valence-electron chi connectivity index (χ1n) is 9.82. The van der Waals surface area contributed by atoms with Gasteiger partial charge in [0.15, 0.2) is 11.6 Å². The Labute approximate surface area is 188 Å². The molecule has 3 aromatic rings. The van der Waals surface area contributed by atoms with Crippen LogP contribution in [0.1, 0.15) is 24.2 Å². The van der Waals surface area contributed by atoms with Crippen LogP contribution in [0, 0.1) is 0 Å². The molecule has 29 heavy (non-hydrogen) atoms. The first kappa shape index (κ1) is 21.3. The third-order valence-corrected chi connectivity index (χ3v) is 5.10. The van der Waals surface area contributed by atoms with E-state index in [4.69, 9.17) is 0 Å². The summed E-state index contributed by atoms with van der Waals surface area (Å²) in [5.41, 5.74) is 3.68. The molecule has 1 aliphatic rings. The number of benzene rings is 1. The van der Waals surface area contributed by atoms with E-state index < -0.39 is 0 Å². The minimum absolute atomic E-state index is 0. The van der Waals surface area contributed by atoms with Gasteiger partial charge in [0.05, 0.1) is 0 Å². The van der Waals surface area contributed by atoms with Gasteiger partial charge < -0.3 is 10.2 Å². The van der Waals surface area contributed by atoms with Crippen LogP contribution < -0.4 is 5.32 Å². The second-order valence-corrected chi connectivity index (χ2v) is 6.97. The summed E-state index contributed by atoms with van der Waals surface area (Å²) in [4.78, 5) is 6.81. The molecule has 2 aromatic heterocycles. The molecule has 0 radical (unpaired) electrons. The highest BCUT2D eigenvalue weighted by Gasteiger charge is 2.17. The summed E-state index contributed by atoms with van der Waals surface area (Å²) in [5, 5.41) is 12.0. The van der Waals surface area contributed by atoms with Crippen LogP contribution in [0.2, 0.25) is 0 Å². The Hall–Kier alpha value is -2.42. The second-order valence-electron chi connectivity index (χ2n) is 6.97. The highest BCUT2D eigenvalue weighted by atomic mass is 127. The number of hydrogen-bond acceptors (Lipinski definition) is 3. The van der Waals surface area contributed by atoms with Gasteiger partial charge in [-0.2, -0.15) is 0 Å². The smallest absolute Gasteiger partial charge is 0.193 e. The van der Waals surface area contributed by atoms with Crippen molar-refractivity contribution in [2.45, 2.75) is 19.3 Å². The van der Waals surface area contributed by atoms with E-state index in [1.807, 2.05) is 35.8 Å². The van der Waals surface area contributed by atoms with Gasteiger partial charge in [0.25, 0.3) is 0 Å². The van der Waals surface area contributed by atoms with Crippen LogP contribution >= 0.6 is 24.0 Å². The van der Waals surface area contributed by atoms with E-state index >= 15 is 0 Å². The lowest BCUT2D eigenvalue weighted by Gasteiger charge is -2.31. The van der Waals surface area contributed by atoms with E-state index in [9.17, 15) is 0 Å². The number of hydrogen-bond donors (Lipinski definition) is 1. The van der Waals surface area contributed by atoms with E-state index in [-0.39, 0.29) is 24.0 Å². The Kier molecular flexibility index (Phi) is 7.62. The fourth-order valence-electron chi connectivity index (χ4n) is 3.61. The Morgan fingerprint density at radius 1 is 1.07 bits per heavy atom. The molecule has 6 nitrogen and oxygen atoms in total. The average molecular weight is 502 g/mol. The zero-order valence-corrected chi connectivity index (χ0v) is 19.0. The fraction of sp³-hybridized carbons (Fsp3) is 0.318. The molecule has 1 aliphatic heterocycles. The summed E-state index contributed by atoms with van der Waals surface area (Å²) in [6, 6.07) is 16.5. The highest BCUT2D eigenvalue weighted by molar-refractivity contribution is 14.0. The van der Waals surface area contributed by atoms with Gasteiger partial charge in [-0.1, -0.05) is 48.0 Å². The van der Waals surface area contributed by atoms with Crippen molar-refractivity contribution in [1.82, 2.24) is 24.8 Å². The van der Waals surface area contributed by atoms with Gasteiger partial charge in [-0.15, -0.1) is 34.2 Å². The third kappa shape index (κ3) is 5.35. The Balaban J connectivity index is 0.00000240. The lowest BCUT2D eigenvalue weighted by Crippen LogP contribution is -2.45. The van der Waals surface area contributed by atoms with E-state index in [0.29, 0.717) is 0 Å². The molecule has 7 heteroatoms. The van der Waals surface area contributed by atoms with Gasteiger partial charge in [0.1, 0.15) is 5.82 Å². The Bertz CT molecular complexity index is 969. The molecule has 1 fully saturated rings. The number of halogens is 1. The summed E-state index contributed by atoms with van der Waals surface area (Å²) < 4.78 is 2.03. The van der Waals surface area contributed by atoms with Gasteiger partial charge >= 0.3 is 0 Å². The maximum atomic E-state index is 4.47. The van der Waals surface area contributed by atoms with Crippen molar-refractivity contribution in [1.29, 1.82) is 0 Å². The number of nitrogens with zero attached hydrogens (tertiary/aromatic N) is 5. The van der Waals surface area contributed by atoms with Crippen LogP contribution in [-0.2, 0) is 6.42 Å². The zero-order valence-electron chi connectivity index (χ0n) is 16.7. The van der Waals surface area contributed by atoms with Crippen LogP contribution in [0.15, 0.2) is 65.3 Å². The molecule has 1 N–H and O–H groups in total. The Morgan fingerprint density at radius 3 is 2.59 bits per heavy atom. The molecule has 0 bridgehead atoms. The summed E-state index contributed by atoms with van der Waals surface area (Å²) >= 11 is 0. The second kappa shape index (κ2) is 10.4. The monoisotopic (exact) mass is 502 g/mol. The van der Waals surface area contributed by atoms with Crippen LogP contribution in [0.5, 0.6) is 0 Å². The molecule has 4 rings (SSSR count). The summed E-state index contributed by atoms with van der Waals surface area (Å²) in [7, 11) is 1.85. The lowest BCUT2D eigenvalue weighted by molar-refractivity contribution is 0.375. The van der Waals surface area contributed by atoms with Crippen LogP contribution in [0.4, 0.5) is 0 Å². The van der Waals surface area contributed by atoms with E-state index in [2.05, 4.69) is 61.8 Å². The molecule has 0 amide bonds. The third-order valence-electron chi connectivity index (χ3n) is 5.10. The molecule has 0 aliphatic carbocycles. The first-order chi connectivity index (χ1) is 13.8. The van der Waals surface area contributed by atoms with Gasteiger partial charge in [0.2, 0.25) is 0 Å². The summed E-state index contributed by atoms with van der Waals surface area (Å²) in [6.07, 6.45) is 7.28. The SMILES string of the molecule is CN=C(NCCc1nnc2ccccn12)N1CCC(=Cc2ccccc2)CC1.I. The van der Waals surface area contributed by atoms with Gasteiger partial charge in [-0.25, -0.2) is 0 Å². The summed E-state index contributed by atoms with van der Waals surface area (Å²) in [6.45, 7) is 2.77. The normalized spacial score (nSPS) is 14.6. The molecule has 0 spiro atoms. The van der Waals surface area contributed by atoms with Crippen molar-refractivity contribution in [2.75, 3.05) is 26.7 Å². The number of rotatable bonds is 4. The first-order valence-corrected chi connectivity index (χ1v) is 9.82. The molecular weight excluding hydrogens is 475 g/mol. The largest absolute Gasteiger partial charge is 0.356 e. The predicted molar refractivity (Wildman–Crippen MR) is 129 cm³/mol. The molecule has 1 saturated heterocycles. The molecular formula is C22H27IN6. The molecule has 3 heterocycles. The summed E-state index contributed by atoms with van der Waals surface area (Å²) in [5.74, 6) is 1.93. The van der Waals surface area contributed by atoms with Gasteiger partial charge in [-0.3, -0.25) is 9.39 Å².